The minimum atomic E-state index is -3.19. The predicted octanol–water partition coefficient (Wildman–Crippen LogP) is 12.4. The van der Waals surface area contributed by atoms with Crippen molar-refractivity contribution in [1.29, 1.82) is 0 Å². The minimum Gasteiger partial charge on any atom is -0.309 e. The Morgan fingerprint density at radius 2 is 0.641 bits per heavy atom. The van der Waals surface area contributed by atoms with Gasteiger partial charge in [-0.05, 0) is 75.3 Å². The predicted molar refractivity (Wildman–Crippen MR) is 273 cm³/mol. The number of rotatable bonds is 7. The van der Waals surface area contributed by atoms with Crippen LogP contribution in [0, 0.1) is 0 Å². The van der Waals surface area contributed by atoms with Crippen LogP contribution in [0.4, 0.5) is 0 Å². The molecule has 0 radical (unpaired) electrons. The van der Waals surface area contributed by atoms with Crippen molar-refractivity contribution in [2.45, 2.75) is 0 Å². The van der Waals surface area contributed by atoms with Crippen molar-refractivity contribution < 1.29 is 0 Å². The maximum atomic E-state index is 2.62. The van der Waals surface area contributed by atoms with E-state index < -0.39 is 8.07 Å². The van der Waals surface area contributed by atoms with Gasteiger partial charge < -0.3 is 13.7 Å². The van der Waals surface area contributed by atoms with Crippen molar-refractivity contribution >= 4 is 94.2 Å². The first-order valence-corrected chi connectivity index (χ1v) is 24.1. The minimum absolute atomic E-state index is 1.14. The molecule has 0 amide bonds. The van der Waals surface area contributed by atoms with Crippen LogP contribution in [-0.2, 0) is 0 Å². The average molecular weight is 832 g/mol. The van der Waals surface area contributed by atoms with Crippen molar-refractivity contribution in [2.24, 2.45) is 0 Å². The summed E-state index contributed by atoms with van der Waals surface area (Å²) in [6, 6.07) is 92.6. The van der Waals surface area contributed by atoms with Gasteiger partial charge >= 0.3 is 0 Å². The van der Waals surface area contributed by atoms with E-state index in [1.807, 2.05) is 0 Å². The van der Waals surface area contributed by atoms with E-state index in [1.165, 1.54) is 86.2 Å². The molecule has 10 aromatic carbocycles. The Bertz CT molecular complexity index is 3730. The van der Waals surface area contributed by atoms with E-state index in [1.54, 1.807) is 0 Å². The fourth-order valence-corrected chi connectivity index (χ4v) is 16.0. The lowest BCUT2D eigenvalue weighted by atomic mass is 10.1. The van der Waals surface area contributed by atoms with Crippen LogP contribution in [0.2, 0.25) is 0 Å². The second-order valence-electron chi connectivity index (χ2n) is 16.8. The standard InChI is InChI=1S/C60H41N3Si/c1-5-22-42(23-6-1)62-55-37-19-15-32-49(55)51-34-21-39-57(59(51)62)63-56-38-20-16-33-50(56)52-40-43(61-53-35-17-13-30-47(53)48-31-14-18-36-54(48)61)41-58(60(52)63)64(44-24-7-2-8-25-44,45-26-9-3-10-27-45)46-28-11-4-12-29-46/h1-41H. The molecule has 0 saturated carbocycles. The van der Waals surface area contributed by atoms with Crippen molar-refractivity contribution in [3.05, 3.63) is 249 Å². The molecule has 4 heteroatoms. The second kappa shape index (κ2) is 14.5. The van der Waals surface area contributed by atoms with Crippen molar-refractivity contribution in [3.8, 4) is 17.1 Å². The largest absolute Gasteiger partial charge is 0.309 e. The lowest BCUT2D eigenvalue weighted by Gasteiger charge is -2.35. The summed E-state index contributed by atoms with van der Waals surface area (Å²) < 4.78 is 7.60. The highest BCUT2D eigenvalue weighted by Gasteiger charge is 2.44. The molecule has 13 rings (SSSR count). The molecule has 3 aromatic heterocycles. The molecule has 0 fully saturated rings. The summed E-state index contributed by atoms with van der Waals surface area (Å²) in [5.74, 6) is 0. The molecule has 300 valence electrons. The molecule has 0 atom stereocenters. The summed E-state index contributed by atoms with van der Waals surface area (Å²) in [6.45, 7) is 0. The van der Waals surface area contributed by atoms with Gasteiger partial charge in [0.05, 0.1) is 38.8 Å². The summed E-state index contributed by atoms with van der Waals surface area (Å²) in [5.41, 5.74) is 10.6. The summed E-state index contributed by atoms with van der Waals surface area (Å²) >= 11 is 0. The Labute approximate surface area is 372 Å². The first kappa shape index (κ1) is 36.5. The zero-order valence-electron chi connectivity index (χ0n) is 35.0. The highest BCUT2D eigenvalue weighted by molar-refractivity contribution is 7.20. The zero-order valence-corrected chi connectivity index (χ0v) is 36.0. The Morgan fingerprint density at radius 3 is 1.16 bits per heavy atom. The van der Waals surface area contributed by atoms with E-state index in [-0.39, 0.29) is 0 Å². The van der Waals surface area contributed by atoms with Gasteiger partial charge in [-0.3, -0.25) is 0 Å². The number of nitrogens with zero attached hydrogens (tertiary/aromatic N) is 3. The monoisotopic (exact) mass is 831 g/mol. The van der Waals surface area contributed by atoms with Gasteiger partial charge in [0.2, 0.25) is 0 Å². The zero-order chi connectivity index (χ0) is 42.2. The van der Waals surface area contributed by atoms with Gasteiger partial charge in [0, 0.05) is 43.7 Å². The Morgan fingerprint density at radius 1 is 0.250 bits per heavy atom. The lowest BCUT2D eigenvalue weighted by Crippen LogP contribution is -2.75. The topological polar surface area (TPSA) is 14.8 Å². The van der Waals surface area contributed by atoms with E-state index in [9.17, 15) is 0 Å². The quantitative estimate of drug-likeness (QED) is 0.112. The third-order valence-electron chi connectivity index (χ3n) is 13.5. The average Bonchev–Trinajstić information content (AvgIpc) is 4.02. The number of hydrogen-bond acceptors (Lipinski definition) is 0. The fraction of sp³-hybridized carbons (Fsp3) is 0. The lowest BCUT2D eigenvalue weighted by molar-refractivity contribution is 1.13. The molecule has 64 heavy (non-hydrogen) atoms. The first-order valence-electron chi connectivity index (χ1n) is 22.1. The van der Waals surface area contributed by atoms with Crippen LogP contribution in [0.5, 0.6) is 0 Å². The molecule has 0 N–H and O–H groups in total. The summed E-state index contributed by atoms with van der Waals surface area (Å²) in [7, 11) is -3.19. The number of para-hydroxylation sites is 6. The molecule has 3 nitrogen and oxygen atoms in total. The number of benzene rings is 10. The molecule has 3 heterocycles. The molecule has 0 aliphatic rings. The normalized spacial score (nSPS) is 12.1. The Hall–Kier alpha value is -8.18. The molecule has 0 unspecified atom stereocenters. The van der Waals surface area contributed by atoms with Crippen LogP contribution in [0.1, 0.15) is 0 Å². The molecule has 13 aromatic rings. The molecule has 0 aliphatic heterocycles. The highest BCUT2D eigenvalue weighted by atomic mass is 28.3. The molecule has 0 saturated heterocycles. The SMILES string of the molecule is c1ccc(-n2c3ccccc3c3cccc(-n4c5ccccc5c5cc(-n6c7ccccc7c7ccccc76)cc([Si](c6ccccc6)(c6ccccc6)c6ccccc6)c54)c32)cc1. The van der Waals surface area contributed by atoms with E-state index in [0.717, 1.165) is 17.1 Å². The third kappa shape index (κ3) is 5.21. The maximum absolute atomic E-state index is 3.19. The Balaban J connectivity index is 1.29. The molecular formula is C60H41N3Si. The summed E-state index contributed by atoms with van der Waals surface area (Å²) in [5, 5.41) is 12.7. The molecule has 0 spiro atoms. The number of aromatic nitrogens is 3. The van der Waals surface area contributed by atoms with Gasteiger partial charge in [0.15, 0.2) is 8.07 Å². The van der Waals surface area contributed by atoms with Gasteiger partial charge in [-0.1, -0.05) is 194 Å². The number of hydrogen-bond donors (Lipinski definition) is 0. The third-order valence-corrected chi connectivity index (χ3v) is 18.3. The van der Waals surface area contributed by atoms with Crippen LogP contribution in [0.25, 0.3) is 82.5 Å². The van der Waals surface area contributed by atoms with Crippen LogP contribution in [0.15, 0.2) is 249 Å². The molecule has 0 aliphatic carbocycles. The van der Waals surface area contributed by atoms with Gasteiger partial charge in [-0.25, -0.2) is 0 Å². The van der Waals surface area contributed by atoms with Gasteiger partial charge in [0.1, 0.15) is 0 Å². The van der Waals surface area contributed by atoms with E-state index in [2.05, 4.69) is 262 Å². The van der Waals surface area contributed by atoms with Gasteiger partial charge in [-0.15, -0.1) is 0 Å². The van der Waals surface area contributed by atoms with E-state index in [4.69, 9.17) is 0 Å². The highest BCUT2D eigenvalue weighted by Crippen LogP contribution is 2.41. The molecular weight excluding hydrogens is 791 g/mol. The summed E-state index contributed by atoms with van der Waals surface area (Å²) in [6.07, 6.45) is 0. The van der Waals surface area contributed by atoms with Crippen LogP contribution in [-0.4, -0.2) is 21.8 Å². The van der Waals surface area contributed by atoms with Crippen LogP contribution in [0.3, 0.4) is 0 Å². The number of fused-ring (bicyclic) bond motifs is 9. The van der Waals surface area contributed by atoms with Crippen molar-refractivity contribution in [1.82, 2.24) is 13.7 Å². The summed E-state index contributed by atoms with van der Waals surface area (Å²) in [4.78, 5) is 0. The second-order valence-corrected chi connectivity index (χ2v) is 20.6. The van der Waals surface area contributed by atoms with Crippen LogP contribution < -0.4 is 20.7 Å². The fourth-order valence-electron chi connectivity index (χ4n) is 11.0. The van der Waals surface area contributed by atoms with E-state index >= 15 is 0 Å². The first-order chi connectivity index (χ1) is 31.8. The maximum Gasteiger partial charge on any atom is 0.181 e. The van der Waals surface area contributed by atoms with E-state index in [0.29, 0.717) is 0 Å². The Kier molecular flexibility index (Phi) is 8.23. The van der Waals surface area contributed by atoms with Crippen LogP contribution >= 0.6 is 0 Å². The van der Waals surface area contributed by atoms with Crippen molar-refractivity contribution in [3.63, 3.8) is 0 Å². The van der Waals surface area contributed by atoms with Gasteiger partial charge in [-0.2, -0.15) is 0 Å². The van der Waals surface area contributed by atoms with Crippen molar-refractivity contribution in [2.75, 3.05) is 0 Å². The molecule has 0 bridgehead atoms. The smallest absolute Gasteiger partial charge is 0.181 e. The van der Waals surface area contributed by atoms with Gasteiger partial charge in [0.25, 0.3) is 0 Å².